The van der Waals surface area contributed by atoms with Crippen LogP contribution in [-0.2, 0) is 6.42 Å². The molecule has 0 saturated heterocycles. The van der Waals surface area contributed by atoms with Crippen LogP contribution in [0.5, 0.6) is 5.75 Å². The fourth-order valence-corrected chi connectivity index (χ4v) is 3.71. The summed E-state index contributed by atoms with van der Waals surface area (Å²) < 4.78 is 34.6. The Balaban J connectivity index is 1.69. The van der Waals surface area contributed by atoms with Gasteiger partial charge in [0.15, 0.2) is 11.6 Å². The monoisotopic (exact) mass is 358 g/mol. The zero-order valence-electron chi connectivity index (χ0n) is 15.7. The van der Waals surface area contributed by atoms with Crippen LogP contribution < -0.4 is 4.74 Å². The van der Waals surface area contributed by atoms with Crippen molar-refractivity contribution in [2.75, 3.05) is 6.61 Å². The minimum atomic E-state index is -0.885. The summed E-state index contributed by atoms with van der Waals surface area (Å²) in [4.78, 5) is 0. The lowest BCUT2D eigenvalue weighted by Gasteiger charge is -2.26. The van der Waals surface area contributed by atoms with Gasteiger partial charge in [0.2, 0.25) is 5.82 Å². The highest BCUT2D eigenvalue weighted by atomic mass is 19.2. The Bertz CT molecular complexity index is 716. The smallest absolute Gasteiger partial charge is 0.201 e. The number of hydrogen-bond donors (Lipinski definition) is 0. The molecule has 0 aromatic heterocycles. The molecule has 0 aliphatic heterocycles. The summed E-state index contributed by atoms with van der Waals surface area (Å²) in [7, 11) is 0. The lowest BCUT2D eigenvalue weighted by Crippen LogP contribution is -2.19. The summed E-state index contributed by atoms with van der Waals surface area (Å²) in [6, 6.07) is 10.8. The summed E-state index contributed by atoms with van der Waals surface area (Å²) in [5.74, 6) is -0.484. The van der Waals surface area contributed by atoms with Gasteiger partial charge in [-0.1, -0.05) is 57.4 Å². The second-order valence-corrected chi connectivity index (χ2v) is 7.62. The van der Waals surface area contributed by atoms with Gasteiger partial charge in [-0.2, -0.15) is 4.39 Å². The normalized spacial score (nSPS) is 20.2. The molecule has 0 spiro atoms. The van der Waals surface area contributed by atoms with E-state index in [0.717, 1.165) is 31.6 Å². The minimum absolute atomic E-state index is 0.0208. The van der Waals surface area contributed by atoms with Gasteiger partial charge < -0.3 is 4.74 Å². The van der Waals surface area contributed by atoms with Crippen molar-refractivity contribution in [3.05, 3.63) is 53.6 Å². The molecule has 3 heteroatoms. The van der Waals surface area contributed by atoms with Crippen molar-refractivity contribution in [1.29, 1.82) is 0 Å². The summed E-state index contributed by atoms with van der Waals surface area (Å²) in [6.07, 6.45) is 6.65. The molecule has 0 unspecified atom stereocenters. The number of ether oxygens (including phenoxy) is 1. The van der Waals surface area contributed by atoms with Crippen molar-refractivity contribution >= 4 is 0 Å². The largest absolute Gasteiger partial charge is 0.490 e. The van der Waals surface area contributed by atoms with Crippen molar-refractivity contribution in [3.63, 3.8) is 0 Å². The molecule has 0 amide bonds. The lowest BCUT2D eigenvalue weighted by atomic mass is 9.83. The summed E-state index contributed by atoms with van der Waals surface area (Å²) >= 11 is 0. The highest BCUT2D eigenvalue weighted by Gasteiger charge is 2.21. The molecule has 1 fully saturated rings. The SMILES string of the molecule is CCCc1ccc(-c2ccc(OCC3CCC(C)CC3)c(F)c2F)cc1. The van der Waals surface area contributed by atoms with Gasteiger partial charge in [-0.05, 0) is 54.4 Å². The Kier molecular flexibility index (Phi) is 6.29. The van der Waals surface area contributed by atoms with Crippen LogP contribution in [0.2, 0.25) is 0 Å². The maximum Gasteiger partial charge on any atom is 0.201 e. The Hall–Kier alpha value is -1.90. The first-order valence-electron chi connectivity index (χ1n) is 9.78. The van der Waals surface area contributed by atoms with E-state index in [1.54, 1.807) is 12.1 Å². The predicted molar refractivity (Wildman–Crippen MR) is 102 cm³/mol. The molecular weight excluding hydrogens is 330 g/mol. The van der Waals surface area contributed by atoms with Crippen LogP contribution in [0.3, 0.4) is 0 Å². The third kappa shape index (κ3) is 4.44. The second kappa shape index (κ2) is 8.66. The van der Waals surface area contributed by atoms with Crippen molar-refractivity contribution in [3.8, 4) is 16.9 Å². The standard InChI is InChI=1S/C23H28F2O/c1-3-4-17-9-11-19(12-10-17)20-13-14-21(23(25)22(20)24)26-15-18-7-5-16(2)6-8-18/h9-14,16,18H,3-8,15H2,1-2H3. The van der Waals surface area contributed by atoms with E-state index < -0.39 is 11.6 Å². The van der Waals surface area contributed by atoms with E-state index >= 15 is 0 Å². The van der Waals surface area contributed by atoms with Gasteiger partial charge in [-0.25, -0.2) is 4.39 Å². The molecule has 140 valence electrons. The Morgan fingerprint density at radius 1 is 0.923 bits per heavy atom. The van der Waals surface area contributed by atoms with Gasteiger partial charge in [0.05, 0.1) is 6.61 Å². The van der Waals surface area contributed by atoms with Gasteiger partial charge in [0.1, 0.15) is 0 Å². The van der Waals surface area contributed by atoms with Crippen LogP contribution in [0.4, 0.5) is 8.78 Å². The molecule has 1 aliphatic carbocycles. The summed E-state index contributed by atoms with van der Waals surface area (Å²) in [5.41, 5.74) is 2.18. The molecule has 1 aliphatic rings. The van der Waals surface area contributed by atoms with Gasteiger partial charge in [0.25, 0.3) is 0 Å². The molecule has 2 aromatic rings. The summed E-state index contributed by atoms with van der Waals surface area (Å²) in [5, 5.41) is 0. The van der Waals surface area contributed by atoms with Crippen molar-refractivity contribution in [2.45, 2.75) is 52.4 Å². The van der Waals surface area contributed by atoms with E-state index in [9.17, 15) is 8.78 Å². The van der Waals surface area contributed by atoms with Gasteiger partial charge in [-0.15, -0.1) is 0 Å². The molecule has 0 radical (unpaired) electrons. The average molecular weight is 358 g/mol. The van der Waals surface area contributed by atoms with Crippen LogP contribution in [0.15, 0.2) is 36.4 Å². The predicted octanol–water partition coefficient (Wildman–Crippen LogP) is 6.79. The Morgan fingerprint density at radius 3 is 2.27 bits per heavy atom. The van der Waals surface area contributed by atoms with E-state index in [-0.39, 0.29) is 11.3 Å². The molecule has 0 N–H and O–H groups in total. The van der Waals surface area contributed by atoms with Gasteiger partial charge in [-0.3, -0.25) is 0 Å². The minimum Gasteiger partial charge on any atom is -0.490 e. The number of hydrogen-bond acceptors (Lipinski definition) is 1. The van der Waals surface area contributed by atoms with Crippen LogP contribution >= 0.6 is 0 Å². The van der Waals surface area contributed by atoms with Crippen LogP contribution in [0, 0.1) is 23.5 Å². The summed E-state index contributed by atoms with van der Waals surface area (Å²) in [6.45, 7) is 4.85. The average Bonchev–Trinajstić information content (AvgIpc) is 2.65. The molecule has 0 bridgehead atoms. The maximum absolute atomic E-state index is 14.6. The zero-order chi connectivity index (χ0) is 18.5. The number of aryl methyl sites for hydroxylation is 1. The van der Waals surface area contributed by atoms with Crippen molar-refractivity contribution in [1.82, 2.24) is 0 Å². The van der Waals surface area contributed by atoms with Crippen LogP contribution in [0.25, 0.3) is 11.1 Å². The Labute approximate surface area is 155 Å². The number of rotatable bonds is 6. The van der Waals surface area contributed by atoms with E-state index in [1.165, 1.54) is 18.4 Å². The topological polar surface area (TPSA) is 9.23 Å². The van der Waals surface area contributed by atoms with Gasteiger partial charge >= 0.3 is 0 Å². The first-order chi connectivity index (χ1) is 12.6. The van der Waals surface area contributed by atoms with Crippen molar-refractivity contribution < 1.29 is 13.5 Å². The van der Waals surface area contributed by atoms with Crippen LogP contribution in [0.1, 0.15) is 51.5 Å². The quantitative estimate of drug-likeness (QED) is 0.552. The highest BCUT2D eigenvalue weighted by Crippen LogP contribution is 2.32. The molecule has 2 aromatic carbocycles. The zero-order valence-corrected chi connectivity index (χ0v) is 15.7. The fourth-order valence-electron chi connectivity index (χ4n) is 3.71. The van der Waals surface area contributed by atoms with E-state index in [2.05, 4.69) is 13.8 Å². The molecule has 1 nitrogen and oxygen atoms in total. The molecule has 1 saturated carbocycles. The molecule has 3 rings (SSSR count). The fraction of sp³-hybridized carbons (Fsp3) is 0.478. The third-order valence-corrected chi connectivity index (χ3v) is 5.46. The number of halogens is 2. The van der Waals surface area contributed by atoms with E-state index in [1.807, 2.05) is 24.3 Å². The first-order valence-corrected chi connectivity index (χ1v) is 9.78. The molecular formula is C23H28F2O. The maximum atomic E-state index is 14.6. The lowest BCUT2D eigenvalue weighted by molar-refractivity contribution is 0.182. The van der Waals surface area contributed by atoms with E-state index in [0.29, 0.717) is 18.1 Å². The van der Waals surface area contributed by atoms with Crippen molar-refractivity contribution in [2.24, 2.45) is 11.8 Å². The van der Waals surface area contributed by atoms with Crippen LogP contribution in [-0.4, -0.2) is 6.61 Å². The first kappa shape index (κ1) is 18.9. The molecule has 0 atom stereocenters. The molecule has 0 heterocycles. The van der Waals surface area contributed by atoms with Gasteiger partial charge in [0, 0.05) is 5.56 Å². The number of benzene rings is 2. The second-order valence-electron chi connectivity index (χ2n) is 7.62. The van der Waals surface area contributed by atoms with E-state index in [4.69, 9.17) is 4.74 Å². The highest BCUT2D eigenvalue weighted by molar-refractivity contribution is 5.65. The molecule has 26 heavy (non-hydrogen) atoms. The Morgan fingerprint density at radius 2 is 1.62 bits per heavy atom. The third-order valence-electron chi connectivity index (χ3n) is 5.46.